The molecule has 2 aliphatic rings. The van der Waals surface area contributed by atoms with E-state index in [0.717, 1.165) is 19.1 Å². The van der Waals surface area contributed by atoms with Gasteiger partial charge in [0.15, 0.2) is 0 Å². The maximum Gasteiger partial charge on any atom is 0.0217 e. The highest BCUT2D eigenvalue weighted by atomic mass is 15.2. The first-order valence-electron chi connectivity index (χ1n) is 7.91. The van der Waals surface area contributed by atoms with Gasteiger partial charge in [0.2, 0.25) is 0 Å². The summed E-state index contributed by atoms with van der Waals surface area (Å²) in [7, 11) is 4.43. The van der Waals surface area contributed by atoms with Crippen LogP contribution in [0.4, 0.5) is 0 Å². The summed E-state index contributed by atoms with van der Waals surface area (Å²) in [5, 5.41) is 3.58. The van der Waals surface area contributed by atoms with E-state index >= 15 is 0 Å². The van der Waals surface area contributed by atoms with Gasteiger partial charge in [0.25, 0.3) is 0 Å². The average molecular weight is 273 g/mol. The van der Waals surface area contributed by atoms with Gasteiger partial charge in [0.05, 0.1) is 0 Å². The van der Waals surface area contributed by atoms with Crippen LogP contribution in [0.2, 0.25) is 0 Å². The fourth-order valence-electron chi connectivity index (χ4n) is 3.68. The Hall–Kier alpha value is -0.900. The van der Waals surface area contributed by atoms with Crippen LogP contribution in [0.25, 0.3) is 0 Å². The molecule has 1 saturated heterocycles. The number of benzene rings is 1. The molecule has 0 saturated carbocycles. The third kappa shape index (κ3) is 3.05. The molecule has 0 bridgehead atoms. The van der Waals surface area contributed by atoms with E-state index in [-0.39, 0.29) is 0 Å². The smallest absolute Gasteiger partial charge is 0.0217 e. The highest BCUT2D eigenvalue weighted by Crippen LogP contribution is 2.26. The van der Waals surface area contributed by atoms with E-state index in [4.69, 9.17) is 0 Å². The van der Waals surface area contributed by atoms with Crippen molar-refractivity contribution in [3.05, 3.63) is 35.4 Å². The molecule has 1 N–H and O–H groups in total. The van der Waals surface area contributed by atoms with Gasteiger partial charge in [-0.1, -0.05) is 24.3 Å². The van der Waals surface area contributed by atoms with Gasteiger partial charge in [-0.3, -0.25) is 0 Å². The molecule has 2 atom stereocenters. The first-order valence-corrected chi connectivity index (χ1v) is 7.91. The highest BCUT2D eigenvalue weighted by molar-refractivity contribution is 5.32. The fourth-order valence-corrected chi connectivity index (χ4v) is 3.68. The van der Waals surface area contributed by atoms with Gasteiger partial charge in [0, 0.05) is 38.1 Å². The second-order valence-electron chi connectivity index (χ2n) is 6.55. The first kappa shape index (κ1) is 14.1. The number of piperidine rings is 1. The lowest BCUT2D eigenvalue weighted by Gasteiger charge is -2.39. The standard InChI is InChI=1S/C17H27N3/c1-19(2)16-7-5-9-20(13-16)12-15-11-18-10-14-6-3-4-8-17(14)15/h3-4,6,8,15-16,18H,5,7,9-13H2,1-2H3. The Balaban J connectivity index is 1.66. The van der Waals surface area contributed by atoms with Gasteiger partial charge in [-0.2, -0.15) is 0 Å². The van der Waals surface area contributed by atoms with E-state index in [0.29, 0.717) is 5.92 Å². The van der Waals surface area contributed by atoms with Crippen molar-refractivity contribution in [1.29, 1.82) is 0 Å². The largest absolute Gasteiger partial charge is 0.312 e. The van der Waals surface area contributed by atoms with Crippen molar-refractivity contribution >= 4 is 0 Å². The van der Waals surface area contributed by atoms with Crippen LogP contribution in [0.5, 0.6) is 0 Å². The molecule has 0 radical (unpaired) electrons. The zero-order chi connectivity index (χ0) is 13.9. The maximum absolute atomic E-state index is 3.58. The predicted molar refractivity (Wildman–Crippen MR) is 84.0 cm³/mol. The Morgan fingerprint density at radius 1 is 1.30 bits per heavy atom. The minimum absolute atomic E-state index is 0.654. The summed E-state index contributed by atoms with van der Waals surface area (Å²) >= 11 is 0. The average Bonchev–Trinajstić information content (AvgIpc) is 2.48. The summed E-state index contributed by atoms with van der Waals surface area (Å²) < 4.78 is 0. The molecule has 0 amide bonds. The third-order valence-corrected chi connectivity index (χ3v) is 4.89. The molecular weight excluding hydrogens is 246 g/mol. The summed E-state index contributed by atoms with van der Waals surface area (Å²) in [4.78, 5) is 5.06. The summed E-state index contributed by atoms with van der Waals surface area (Å²) in [6, 6.07) is 9.68. The van der Waals surface area contributed by atoms with Crippen LogP contribution in [0.15, 0.2) is 24.3 Å². The van der Waals surface area contributed by atoms with Crippen molar-refractivity contribution < 1.29 is 0 Å². The highest BCUT2D eigenvalue weighted by Gasteiger charge is 2.26. The monoisotopic (exact) mass is 273 g/mol. The summed E-state index contributed by atoms with van der Waals surface area (Å²) in [5.41, 5.74) is 3.06. The van der Waals surface area contributed by atoms with Crippen LogP contribution in [0, 0.1) is 0 Å². The molecule has 1 fully saturated rings. The second-order valence-corrected chi connectivity index (χ2v) is 6.55. The van der Waals surface area contributed by atoms with Crippen molar-refractivity contribution in [2.75, 3.05) is 40.3 Å². The minimum atomic E-state index is 0.654. The van der Waals surface area contributed by atoms with Crippen molar-refractivity contribution in [3.63, 3.8) is 0 Å². The van der Waals surface area contributed by atoms with Crippen LogP contribution >= 0.6 is 0 Å². The number of nitrogens with zero attached hydrogens (tertiary/aromatic N) is 2. The fraction of sp³-hybridized carbons (Fsp3) is 0.647. The van der Waals surface area contributed by atoms with Gasteiger partial charge in [-0.15, -0.1) is 0 Å². The minimum Gasteiger partial charge on any atom is -0.312 e. The van der Waals surface area contributed by atoms with Gasteiger partial charge >= 0.3 is 0 Å². The van der Waals surface area contributed by atoms with Crippen molar-refractivity contribution in [3.8, 4) is 0 Å². The number of fused-ring (bicyclic) bond motifs is 1. The number of nitrogens with one attached hydrogen (secondary N) is 1. The SMILES string of the molecule is CN(C)C1CCCN(CC2CNCc3ccccc32)C1. The quantitative estimate of drug-likeness (QED) is 0.907. The van der Waals surface area contributed by atoms with Gasteiger partial charge < -0.3 is 15.1 Å². The molecule has 20 heavy (non-hydrogen) atoms. The van der Waals surface area contributed by atoms with Gasteiger partial charge in [-0.25, -0.2) is 0 Å². The zero-order valence-corrected chi connectivity index (χ0v) is 12.8. The lowest BCUT2D eigenvalue weighted by atomic mass is 9.90. The lowest BCUT2D eigenvalue weighted by molar-refractivity contribution is 0.126. The Kier molecular flexibility index (Phi) is 4.39. The molecule has 3 rings (SSSR count). The number of hydrogen-bond donors (Lipinski definition) is 1. The van der Waals surface area contributed by atoms with Crippen molar-refractivity contribution in [2.45, 2.75) is 31.3 Å². The molecule has 2 unspecified atom stereocenters. The van der Waals surface area contributed by atoms with Crippen LogP contribution in [-0.2, 0) is 6.54 Å². The third-order valence-electron chi connectivity index (χ3n) is 4.89. The zero-order valence-electron chi connectivity index (χ0n) is 12.8. The molecule has 110 valence electrons. The predicted octanol–water partition coefficient (Wildman–Crippen LogP) is 1.90. The van der Waals surface area contributed by atoms with Gasteiger partial charge in [-0.05, 0) is 44.6 Å². The molecule has 1 aromatic carbocycles. The number of likely N-dealkylation sites (N-methyl/N-ethyl adjacent to an activating group) is 1. The van der Waals surface area contributed by atoms with Crippen LogP contribution < -0.4 is 5.32 Å². The van der Waals surface area contributed by atoms with Crippen molar-refractivity contribution in [1.82, 2.24) is 15.1 Å². The first-order chi connectivity index (χ1) is 9.74. The molecule has 0 spiro atoms. The summed E-state index contributed by atoms with van der Waals surface area (Å²) in [6.07, 6.45) is 2.69. The molecule has 3 nitrogen and oxygen atoms in total. The number of likely N-dealkylation sites (tertiary alicyclic amines) is 1. The Morgan fingerprint density at radius 2 is 2.15 bits per heavy atom. The second kappa shape index (κ2) is 6.25. The summed E-state index contributed by atoms with van der Waals surface area (Å²) in [6.45, 7) is 5.86. The maximum atomic E-state index is 3.58. The topological polar surface area (TPSA) is 18.5 Å². The van der Waals surface area contributed by atoms with Gasteiger partial charge in [0.1, 0.15) is 0 Å². The molecule has 0 aromatic heterocycles. The van der Waals surface area contributed by atoms with E-state index in [1.165, 1.54) is 38.0 Å². The lowest BCUT2D eigenvalue weighted by Crippen LogP contribution is -2.47. The molecule has 0 aliphatic carbocycles. The van der Waals surface area contributed by atoms with E-state index in [1.807, 2.05) is 0 Å². The number of rotatable bonds is 3. The molecular formula is C17H27N3. The van der Waals surface area contributed by atoms with Crippen LogP contribution in [-0.4, -0.2) is 56.1 Å². The Labute approximate surface area is 123 Å². The Morgan fingerprint density at radius 3 is 3.00 bits per heavy atom. The normalized spacial score (nSPS) is 27.6. The van der Waals surface area contributed by atoms with Crippen LogP contribution in [0.1, 0.15) is 29.9 Å². The van der Waals surface area contributed by atoms with E-state index in [9.17, 15) is 0 Å². The van der Waals surface area contributed by atoms with E-state index in [1.54, 1.807) is 5.56 Å². The van der Waals surface area contributed by atoms with E-state index in [2.05, 4.69) is 53.5 Å². The molecule has 3 heteroatoms. The van der Waals surface area contributed by atoms with Crippen molar-refractivity contribution in [2.24, 2.45) is 0 Å². The Bertz CT molecular complexity index is 444. The molecule has 2 aliphatic heterocycles. The van der Waals surface area contributed by atoms with Crippen LogP contribution in [0.3, 0.4) is 0 Å². The van der Waals surface area contributed by atoms with E-state index < -0.39 is 0 Å². The summed E-state index contributed by atoms with van der Waals surface area (Å²) in [5.74, 6) is 0.654. The number of hydrogen-bond acceptors (Lipinski definition) is 3. The molecule has 1 aromatic rings. The molecule has 2 heterocycles.